The van der Waals surface area contributed by atoms with Gasteiger partial charge in [-0.3, -0.25) is 4.79 Å². The van der Waals surface area contributed by atoms with E-state index in [9.17, 15) is 4.79 Å². The summed E-state index contributed by atoms with van der Waals surface area (Å²) in [6, 6.07) is 0.337. The molecule has 1 saturated carbocycles. The first-order chi connectivity index (χ1) is 8.24. The van der Waals surface area contributed by atoms with Gasteiger partial charge in [0.1, 0.15) is 0 Å². The van der Waals surface area contributed by atoms with Gasteiger partial charge in [0.15, 0.2) is 0 Å². The molecule has 2 fully saturated rings. The van der Waals surface area contributed by atoms with Crippen LogP contribution in [0.1, 0.15) is 32.6 Å². The summed E-state index contributed by atoms with van der Waals surface area (Å²) < 4.78 is 5.79. The van der Waals surface area contributed by atoms with Gasteiger partial charge in [-0.1, -0.05) is 19.8 Å². The Balaban J connectivity index is 0.00000162. The van der Waals surface area contributed by atoms with Crippen molar-refractivity contribution in [2.45, 2.75) is 44.8 Å². The molecule has 0 aromatic rings. The number of halogens is 1. The van der Waals surface area contributed by atoms with Gasteiger partial charge in [0.2, 0.25) is 5.91 Å². The molecule has 0 radical (unpaired) electrons. The lowest BCUT2D eigenvalue weighted by molar-refractivity contribution is -0.153. The van der Waals surface area contributed by atoms with Crippen LogP contribution in [0.2, 0.25) is 0 Å². The third-order valence-electron chi connectivity index (χ3n) is 3.95. The normalized spacial score (nSPS) is 29.1. The third-order valence-corrected chi connectivity index (χ3v) is 3.95. The lowest BCUT2D eigenvalue weighted by atomic mass is 9.89. The average Bonchev–Trinajstić information content (AvgIpc) is 2.37. The summed E-state index contributed by atoms with van der Waals surface area (Å²) in [5.41, 5.74) is 0. The first-order valence-corrected chi connectivity index (χ1v) is 6.80. The van der Waals surface area contributed by atoms with Crippen LogP contribution in [-0.2, 0) is 9.53 Å². The van der Waals surface area contributed by atoms with Crippen molar-refractivity contribution >= 4 is 18.3 Å². The molecule has 18 heavy (non-hydrogen) atoms. The van der Waals surface area contributed by atoms with E-state index < -0.39 is 0 Å². The molecular formula is C13H25ClN2O2. The van der Waals surface area contributed by atoms with Crippen molar-refractivity contribution in [1.29, 1.82) is 0 Å². The number of rotatable bonds is 3. The van der Waals surface area contributed by atoms with Gasteiger partial charge in [0, 0.05) is 19.0 Å². The highest BCUT2D eigenvalue weighted by atomic mass is 35.5. The summed E-state index contributed by atoms with van der Waals surface area (Å²) in [7, 11) is 1.90. The molecule has 5 heteroatoms. The Morgan fingerprint density at radius 1 is 1.44 bits per heavy atom. The van der Waals surface area contributed by atoms with Crippen LogP contribution in [0.4, 0.5) is 0 Å². The maximum absolute atomic E-state index is 12.4. The number of nitrogens with zero attached hydrogens (tertiary/aromatic N) is 1. The Morgan fingerprint density at radius 2 is 2.17 bits per heavy atom. The van der Waals surface area contributed by atoms with Crippen LogP contribution in [0, 0.1) is 5.92 Å². The number of amides is 1. The number of hydrogen-bond acceptors (Lipinski definition) is 3. The lowest BCUT2D eigenvalue weighted by Crippen LogP contribution is -2.56. The van der Waals surface area contributed by atoms with Crippen molar-refractivity contribution in [2.24, 2.45) is 5.92 Å². The number of fused-ring (bicyclic) bond motifs is 1. The molecule has 0 bridgehead atoms. The summed E-state index contributed by atoms with van der Waals surface area (Å²) in [4.78, 5) is 14.5. The molecule has 106 valence electrons. The van der Waals surface area contributed by atoms with E-state index in [4.69, 9.17) is 4.74 Å². The average molecular weight is 277 g/mol. The fourth-order valence-corrected chi connectivity index (χ4v) is 3.05. The summed E-state index contributed by atoms with van der Waals surface area (Å²) in [6.45, 7) is 4.24. The van der Waals surface area contributed by atoms with Crippen LogP contribution in [0.25, 0.3) is 0 Å². The molecule has 0 aromatic carbocycles. The molecule has 2 aliphatic rings. The molecule has 1 saturated heterocycles. The van der Waals surface area contributed by atoms with Crippen molar-refractivity contribution in [3.05, 3.63) is 0 Å². The second kappa shape index (κ2) is 7.31. The zero-order valence-corrected chi connectivity index (χ0v) is 12.2. The Hall–Kier alpha value is -0.320. The van der Waals surface area contributed by atoms with Gasteiger partial charge in [-0.2, -0.15) is 0 Å². The van der Waals surface area contributed by atoms with E-state index in [2.05, 4.69) is 10.2 Å². The van der Waals surface area contributed by atoms with Crippen molar-refractivity contribution in [3.63, 3.8) is 0 Å². The maximum Gasteiger partial charge on any atom is 0.227 e. The number of carbonyl (C=O) groups is 1. The molecule has 1 N–H and O–H groups in total. The van der Waals surface area contributed by atoms with Gasteiger partial charge in [-0.05, 0) is 19.9 Å². The Morgan fingerprint density at radius 3 is 2.89 bits per heavy atom. The Labute approximate surface area is 116 Å². The van der Waals surface area contributed by atoms with Crippen LogP contribution in [0.3, 0.4) is 0 Å². The molecule has 1 amide bonds. The molecule has 3 unspecified atom stereocenters. The first kappa shape index (κ1) is 15.7. The number of hydrogen-bond donors (Lipinski definition) is 1. The first-order valence-electron chi connectivity index (χ1n) is 6.80. The predicted octanol–water partition coefficient (Wildman–Crippen LogP) is 1.43. The molecule has 0 aromatic heterocycles. The zero-order chi connectivity index (χ0) is 12.3. The van der Waals surface area contributed by atoms with Crippen LogP contribution >= 0.6 is 12.4 Å². The van der Waals surface area contributed by atoms with E-state index in [1.54, 1.807) is 0 Å². The smallest absolute Gasteiger partial charge is 0.227 e. The molecule has 2 rings (SSSR count). The molecule has 3 atom stereocenters. The van der Waals surface area contributed by atoms with Gasteiger partial charge in [-0.25, -0.2) is 0 Å². The summed E-state index contributed by atoms with van der Waals surface area (Å²) >= 11 is 0. The van der Waals surface area contributed by atoms with E-state index in [1.165, 1.54) is 12.8 Å². The molecule has 1 heterocycles. The minimum Gasteiger partial charge on any atom is -0.374 e. The molecular weight excluding hydrogens is 252 g/mol. The minimum absolute atomic E-state index is 0. The van der Waals surface area contributed by atoms with Gasteiger partial charge < -0.3 is 15.0 Å². The van der Waals surface area contributed by atoms with Crippen LogP contribution in [-0.4, -0.2) is 49.7 Å². The van der Waals surface area contributed by atoms with E-state index in [-0.39, 0.29) is 18.3 Å². The van der Waals surface area contributed by atoms with Crippen molar-refractivity contribution in [3.8, 4) is 0 Å². The Kier molecular flexibility index (Phi) is 6.39. The van der Waals surface area contributed by atoms with Gasteiger partial charge in [0.05, 0.1) is 18.8 Å². The topological polar surface area (TPSA) is 41.6 Å². The van der Waals surface area contributed by atoms with Crippen molar-refractivity contribution < 1.29 is 9.53 Å². The van der Waals surface area contributed by atoms with E-state index >= 15 is 0 Å². The summed E-state index contributed by atoms with van der Waals surface area (Å²) in [6.07, 6.45) is 5.00. The van der Waals surface area contributed by atoms with E-state index in [0.717, 1.165) is 25.9 Å². The van der Waals surface area contributed by atoms with Crippen LogP contribution in [0.5, 0.6) is 0 Å². The van der Waals surface area contributed by atoms with Crippen LogP contribution < -0.4 is 5.32 Å². The van der Waals surface area contributed by atoms with E-state index in [1.807, 2.05) is 14.0 Å². The molecule has 1 aliphatic carbocycles. The summed E-state index contributed by atoms with van der Waals surface area (Å²) in [5.74, 6) is 0.361. The SMILES string of the molecule is CNCC(C)C(=O)N1CCOC2CCCCC21.Cl. The third kappa shape index (κ3) is 3.37. The van der Waals surface area contributed by atoms with Gasteiger partial charge in [-0.15, -0.1) is 12.4 Å². The number of carbonyl (C=O) groups excluding carboxylic acids is 1. The minimum atomic E-state index is 0. The summed E-state index contributed by atoms with van der Waals surface area (Å²) in [5, 5.41) is 3.08. The highest BCUT2D eigenvalue weighted by Gasteiger charge is 2.37. The maximum atomic E-state index is 12.4. The number of nitrogens with one attached hydrogen (secondary N) is 1. The monoisotopic (exact) mass is 276 g/mol. The highest BCUT2D eigenvalue weighted by Crippen LogP contribution is 2.29. The fraction of sp³-hybridized carbons (Fsp3) is 0.923. The molecule has 1 aliphatic heterocycles. The second-order valence-electron chi connectivity index (χ2n) is 5.25. The second-order valence-corrected chi connectivity index (χ2v) is 5.25. The largest absolute Gasteiger partial charge is 0.374 e. The zero-order valence-electron chi connectivity index (χ0n) is 11.4. The number of morpholine rings is 1. The molecule has 4 nitrogen and oxygen atoms in total. The van der Waals surface area contributed by atoms with Crippen molar-refractivity contribution in [2.75, 3.05) is 26.7 Å². The van der Waals surface area contributed by atoms with Gasteiger partial charge in [0.25, 0.3) is 0 Å². The van der Waals surface area contributed by atoms with Gasteiger partial charge >= 0.3 is 0 Å². The van der Waals surface area contributed by atoms with Crippen LogP contribution in [0.15, 0.2) is 0 Å². The number of ether oxygens (including phenoxy) is 1. The highest BCUT2D eigenvalue weighted by molar-refractivity contribution is 5.85. The predicted molar refractivity (Wildman–Crippen MR) is 74.0 cm³/mol. The van der Waals surface area contributed by atoms with E-state index in [0.29, 0.717) is 24.7 Å². The fourth-order valence-electron chi connectivity index (χ4n) is 3.05. The van der Waals surface area contributed by atoms with Crippen molar-refractivity contribution in [1.82, 2.24) is 10.2 Å². The molecule has 0 spiro atoms. The lowest BCUT2D eigenvalue weighted by Gasteiger charge is -2.44. The Bertz CT molecular complexity index is 274. The standard InChI is InChI=1S/C13H24N2O2.ClH/c1-10(9-14-2)13(16)15-7-8-17-12-6-4-3-5-11(12)15;/h10-12,14H,3-9H2,1-2H3;1H. The quantitative estimate of drug-likeness (QED) is 0.848.